The lowest BCUT2D eigenvalue weighted by atomic mass is 10.2. The summed E-state index contributed by atoms with van der Waals surface area (Å²) in [7, 11) is 0. The fraction of sp³-hybridized carbons (Fsp3) is 0.300. The van der Waals surface area contributed by atoms with E-state index in [9.17, 15) is 0 Å². The number of alkyl halides is 1. The Hall–Kier alpha value is -1.02. The highest BCUT2D eigenvalue weighted by molar-refractivity contribution is 6.18. The molecule has 0 saturated heterocycles. The van der Waals surface area contributed by atoms with Crippen molar-refractivity contribution in [1.29, 1.82) is 0 Å². The molecule has 3 heteroatoms. The predicted molar refractivity (Wildman–Crippen MR) is 50.1 cm³/mol. The van der Waals surface area contributed by atoms with Crippen molar-refractivity contribution in [3.05, 3.63) is 35.9 Å². The number of esters is 1. The number of rotatable bonds is 2. The lowest BCUT2D eigenvalue weighted by molar-refractivity contribution is -0.259. The SMILES string of the molecule is ClCC1C[O+]=C(c2cc[c]cc2)O1. The average Bonchev–Trinajstić information content (AvgIpc) is 2.67. The summed E-state index contributed by atoms with van der Waals surface area (Å²) in [5.74, 6) is 1.03. The highest BCUT2D eigenvalue weighted by Crippen LogP contribution is 2.11. The van der Waals surface area contributed by atoms with E-state index in [1.54, 1.807) is 0 Å². The number of halogens is 1. The Balaban J connectivity index is 2.12. The van der Waals surface area contributed by atoms with E-state index in [0.29, 0.717) is 18.5 Å². The van der Waals surface area contributed by atoms with E-state index in [-0.39, 0.29) is 6.10 Å². The Kier molecular flexibility index (Phi) is 2.50. The van der Waals surface area contributed by atoms with Gasteiger partial charge in [-0.2, -0.15) is 0 Å². The molecule has 1 aliphatic rings. The smallest absolute Gasteiger partial charge is 0.311 e. The van der Waals surface area contributed by atoms with Crippen LogP contribution in [-0.4, -0.2) is 24.6 Å². The normalized spacial score (nSPS) is 21.0. The molecule has 0 aliphatic carbocycles. The van der Waals surface area contributed by atoms with Gasteiger partial charge in [-0.05, 0) is 18.2 Å². The molecule has 67 valence electrons. The Morgan fingerprint density at radius 1 is 1.54 bits per heavy atom. The molecule has 13 heavy (non-hydrogen) atoms. The molecule has 2 nitrogen and oxygen atoms in total. The van der Waals surface area contributed by atoms with Crippen LogP contribution in [0, 0.1) is 6.07 Å². The largest absolute Gasteiger partial charge is 0.520 e. The predicted octanol–water partition coefficient (Wildman–Crippen LogP) is 1.80. The third kappa shape index (κ3) is 1.83. The lowest BCUT2D eigenvalue weighted by Gasteiger charge is -1.93. The molecule has 1 unspecified atom stereocenters. The minimum Gasteiger partial charge on any atom is -0.311 e. The van der Waals surface area contributed by atoms with Gasteiger partial charge in [0, 0.05) is 0 Å². The first-order valence-electron chi connectivity index (χ1n) is 4.09. The Morgan fingerprint density at radius 3 is 2.92 bits per heavy atom. The number of ether oxygens (including phenoxy) is 1. The fourth-order valence-electron chi connectivity index (χ4n) is 1.14. The summed E-state index contributed by atoms with van der Waals surface area (Å²) in [6.45, 7) is 0.539. The highest BCUT2D eigenvalue weighted by atomic mass is 35.5. The van der Waals surface area contributed by atoms with Gasteiger partial charge in [0.05, 0.1) is 5.88 Å². The van der Waals surface area contributed by atoms with Crippen molar-refractivity contribution < 1.29 is 9.16 Å². The summed E-state index contributed by atoms with van der Waals surface area (Å²) < 4.78 is 10.8. The van der Waals surface area contributed by atoms with Gasteiger partial charge < -0.3 is 9.16 Å². The van der Waals surface area contributed by atoms with Crippen LogP contribution in [0.3, 0.4) is 0 Å². The van der Waals surface area contributed by atoms with E-state index in [2.05, 4.69) is 6.07 Å². The zero-order chi connectivity index (χ0) is 9.10. The number of carbonyl (C=O) groups excluding carboxylic acids is 1. The zero-order valence-corrected chi connectivity index (χ0v) is 7.75. The maximum Gasteiger partial charge on any atom is 0.520 e. The van der Waals surface area contributed by atoms with Crippen molar-refractivity contribution in [2.45, 2.75) is 6.10 Å². The molecule has 1 aliphatic heterocycles. The molecule has 0 bridgehead atoms. The van der Waals surface area contributed by atoms with Crippen LogP contribution in [-0.2, 0) is 4.74 Å². The van der Waals surface area contributed by atoms with E-state index in [1.807, 2.05) is 24.3 Å². The molecule has 1 aromatic rings. The second kappa shape index (κ2) is 3.79. The molecular formula is C10H9ClO2+. The van der Waals surface area contributed by atoms with Crippen LogP contribution < -0.4 is 0 Å². The van der Waals surface area contributed by atoms with Crippen molar-refractivity contribution in [2.24, 2.45) is 0 Å². The first kappa shape index (κ1) is 8.57. The Labute approximate surface area is 81.8 Å². The van der Waals surface area contributed by atoms with Gasteiger partial charge in [-0.3, -0.25) is 0 Å². The number of cyclic esters (lactones) is 1. The van der Waals surface area contributed by atoms with Crippen molar-refractivity contribution in [3.8, 4) is 0 Å². The molecule has 1 heterocycles. The molecule has 0 amide bonds. The van der Waals surface area contributed by atoms with Crippen LogP contribution in [0.2, 0.25) is 0 Å². The van der Waals surface area contributed by atoms with Crippen LogP contribution in [0.15, 0.2) is 24.3 Å². The minimum atomic E-state index is -0.0131. The highest BCUT2D eigenvalue weighted by Gasteiger charge is 2.33. The van der Waals surface area contributed by atoms with Gasteiger partial charge in [-0.25, -0.2) is 0 Å². The molecule has 0 spiro atoms. The molecule has 1 atom stereocenters. The molecular weight excluding hydrogens is 188 g/mol. The molecule has 1 aromatic carbocycles. The van der Waals surface area contributed by atoms with Gasteiger partial charge in [-0.15, -0.1) is 11.6 Å². The number of hydrogen-bond donors (Lipinski definition) is 0. The number of benzene rings is 1. The average molecular weight is 197 g/mol. The van der Waals surface area contributed by atoms with Crippen LogP contribution in [0.25, 0.3) is 0 Å². The summed E-state index contributed by atoms with van der Waals surface area (Å²) in [6, 6.07) is 10.4. The Morgan fingerprint density at radius 2 is 2.31 bits per heavy atom. The lowest BCUT2D eigenvalue weighted by Crippen LogP contribution is -2.14. The molecule has 0 fully saturated rings. The van der Waals surface area contributed by atoms with Crippen LogP contribution in [0.1, 0.15) is 9.99 Å². The first-order chi connectivity index (χ1) is 6.40. The van der Waals surface area contributed by atoms with Crippen molar-refractivity contribution in [3.63, 3.8) is 0 Å². The minimum absolute atomic E-state index is 0.0131. The third-order valence-electron chi connectivity index (χ3n) is 1.80. The maximum atomic E-state index is 5.64. The summed E-state index contributed by atoms with van der Waals surface area (Å²) in [4.78, 5) is 0. The third-order valence-corrected chi connectivity index (χ3v) is 2.14. The van der Waals surface area contributed by atoms with Crippen molar-refractivity contribution >= 4 is 17.6 Å². The van der Waals surface area contributed by atoms with Gasteiger partial charge in [0.2, 0.25) is 6.61 Å². The fourth-order valence-corrected chi connectivity index (χ4v) is 1.29. The van der Waals surface area contributed by atoms with Gasteiger partial charge in [0.1, 0.15) is 5.56 Å². The number of hydrogen-bond acceptors (Lipinski definition) is 1. The van der Waals surface area contributed by atoms with Crippen LogP contribution >= 0.6 is 11.6 Å². The maximum absolute atomic E-state index is 5.64. The second-order valence-electron chi connectivity index (χ2n) is 2.78. The molecule has 0 N–H and O–H groups in total. The van der Waals surface area contributed by atoms with Crippen molar-refractivity contribution in [1.82, 2.24) is 0 Å². The van der Waals surface area contributed by atoms with Gasteiger partial charge >= 0.3 is 5.97 Å². The molecule has 0 aromatic heterocycles. The summed E-state index contributed by atoms with van der Waals surface area (Å²) in [5, 5.41) is 0. The monoisotopic (exact) mass is 196 g/mol. The van der Waals surface area contributed by atoms with E-state index in [0.717, 1.165) is 5.56 Å². The van der Waals surface area contributed by atoms with E-state index >= 15 is 0 Å². The van der Waals surface area contributed by atoms with Gasteiger partial charge in [0.15, 0.2) is 0 Å². The van der Waals surface area contributed by atoms with Crippen molar-refractivity contribution in [2.75, 3.05) is 12.5 Å². The van der Waals surface area contributed by atoms with E-state index in [4.69, 9.17) is 20.8 Å². The molecule has 2 rings (SSSR count). The topological polar surface area (TPSA) is 20.5 Å². The van der Waals surface area contributed by atoms with Gasteiger partial charge in [0.25, 0.3) is 6.10 Å². The molecule has 0 saturated carbocycles. The van der Waals surface area contributed by atoms with E-state index in [1.165, 1.54) is 0 Å². The summed E-state index contributed by atoms with van der Waals surface area (Å²) >= 11 is 5.64. The quantitative estimate of drug-likeness (QED) is 0.401. The standard InChI is InChI=1S/C10H9ClO2/c11-6-9-7-12-10(13-9)8-4-2-1-3-5-8/h2-5,9H,6-7H2/q+1. The summed E-state index contributed by atoms with van der Waals surface area (Å²) in [6.07, 6.45) is -0.0131. The zero-order valence-electron chi connectivity index (χ0n) is 7.00. The summed E-state index contributed by atoms with van der Waals surface area (Å²) in [5.41, 5.74) is 0.936. The van der Waals surface area contributed by atoms with E-state index < -0.39 is 0 Å². The van der Waals surface area contributed by atoms with Crippen LogP contribution in [0.4, 0.5) is 0 Å². The Bertz CT molecular complexity index is 308. The molecule has 1 radical (unpaired) electrons. The van der Waals surface area contributed by atoms with Crippen LogP contribution in [0.5, 0.6) is 0 Å². The van der Waals surface area contributed by atoms with Gasteiger partial charge in [-0.1, -0.05) is 12.1 Å². The second-order valence-corrected chi connectivity index (χ2v) is 3.09. The first-order valence-corrected chi connectivity index (χ1v) is 4.62.